The van der Waals surface area contributed by atoms with Gasteiger partial charge in [0.2, 0.25) is 5.60 Å². The first-order chi connectivity index (χ1) is 21.5. The molecule has 1 heterocycles. The Morgan fingerprint density at radius 2 is 1.70 bits per heavy atom. The highest BCUT2D eigenvalue weighted by Crippen LogP contribution is 2.77. The number of ketones is 1. The van der Waals surface area contributed by atoms with Gasteiger partial charge in [-0.3, -0.25) is 4.79 Å². The Balaban J connectivity index is 1.20. The highest BCUT2D eigenvalue weighted by atomic mass is 28.3. The second-order valence-corrected chi connectivity index (χ2v) is 21.0. The maximum absolute atomic E-state index is 15.8. The summed E-state index contributed by atoms with van der Waals surface area (Å²) in [6, 6.07) is 6.63. The van der Waals surface area contributed by atoms with Crippen LogP contribution in [0.15, 0.2) is 48.1 Å². The van der Waals surface area contributed by atoms with Gasteiger partial charge >= 0.3 is 17.9 Å². The maximum Gasteiger partial charge on any atom is 0.349 e. The van der Waals surface area contributed by atoms with Gasteiger partial charge in [0.1, 0.15) is 11.8 Å². The lowest BCUT2D eigenvalue weighted by Gasteiger charge is -2.56. The van der Waals surface area contributed by atoms with Crippen molar-refractivity contribution in [1.82, 2.24) is 0 Å². The van der Waals surface area contributed by atoms with E-state index in [0.717, 1.165) is 6.04 Å². The van der Waals surface area contributed by atoms with Crippen LogP contribution in [0.3, 0.4) is 0 Å². The first-order valence-electron chi connectivity index (χ1n) is 16.1. The van der Waals surface area contributed by atoms with Gasteiger partial charge in [0.05, 0.1) is 17.2 Å². The quantitative estimate of drug-likeness (QED) is 0.116. The summed E-state index contributed by atoms with van der Waals surface area (Å²) in [4.78, 5) is 51.5. The monoisotopic (exact) mass is 654 g/mol. The normalized spacial score (nSPS) is 38.9. The fourth-order valence-electron chi connectivity index (χ4n) is 9.24. The lowest BCUT2D eigenvalue weighted by Crippen LogP contribution is -2.64. The Morgan fingerprint density at radius 3 is 2.33 bits per heavy atom. The number of carboxylic acid groups (broad SMARTS) is 1. The van der Waals surface area contributed by atoms with Crippen molar-refractivity contribution >= 4 is 31.8 Å². The van der Waals surface area contributed by atoms with Gasteiger partial charge in [-0.05, 0) is 86.1 Å². The van der Waals surface area contributed by atoms with Crippen molar-refractivity contribution in [2.75, 3.05) is 13.4 Å². The number of hydrogen-bond acceptors (Lipinski definition) is 8. The molecule has 0 radical (unpaired) electrons. The molecule has 5 aliphatic rings. The van der Waals surface area contributed by atoms with Crippen molar-refractivity contribution in [2.45, 2.75) is 89.2 Å². The summed E-state index contributed by atoms with van der Waals surface area (Å²) in [6.45, 7) is 12.5. The SMILES string of the molecule is C[C@@H]1CC2C3C[C@H](F)C4=CC(=O)C=C[C@]4(C)[C@@]34O[C@H]4C[C@]2(C)[C@@]1(OC(=O)c1ccc(C(=O)OCOCC[Si](C)(C)C)cc1)C(=O)O. The van der Waals surface area contributed by atoms with Gasteiger partial charge in [0.25, 0.3) is 0 Å². The topological polar surface area (TPSA) is 129 Å². The zero-order chi connectivity index (χ0) is 33.4. The van der Waals surface area contributed by atoms with Gasteiger partial charge in [0.15, 0.2) is 12.6 Å². The van der Waals surface area contributed by atoms with Crippen molar-refractivity contribution < 1.29 is 47.6 Å². The number of carbonyl (C=O) groups excluding carboxylic acids is 3. The number of aliphatic carboxylic acids is 1. The molecule has 4 aliphatic carbocycles. The lowest BCUT2D eigenvalue weighted by atomic mass is 9.46. The molecule has 6 rings (SSSR count). The summed E-state index contributed by atoms with van der Waals surface area (Å²) < 4.78 is 39.0. The molecule has 9 atom stereocenters. The number of allylic oxidation sites excluding steroid dienone is 2. The third kappa shape index (κ3) is 4.75. The van der Waals surface area contributed by atoms with Gasteiger partial charge in [-0.2, -0.15) is 0 Å². The molecule has 1 aromatic rings. The smallest absolute Gasteiger partial charge is 0.349 e. The van der Waals surface area contributed by atoms with Gasteiger partial charge < -0.3 is 24.1 Å². The van der Waals surface area contributed by atoms with E-state index in [0.29, 0.717) is 25.0 Å². The molecule has 2 unspecified atom stereocenters. The average Bonchev–Trinajstić information content (AvgIpc) is 3.66. The Kier molecular flexibility index (Phi) is 7.80. The number of hydrogen-bond donors (Lipinski definition) is 1. The number of fused-ring (bicyclic) bond motifs is 3. The van der Waals surface area contributed by atoms with Crippen molar-refractivity contribution in [3.05, 3.63) is 59.2 Å². The molecule has 1 aromatic carbocycles. The van der Waals surface area contributed by atoms with Crippen LogP contribution in [0, 0.1) is 28.6 Å². The van der Waals surface area contributed by atoms with Gasteiger partial charge in [-0.25, -0.2) is 18.8 Å². The highest BCUT2D eigenvalue weighted by molar-refractivity contribution is 6.76. The molecule has 1 N–H and O–H groups in total. The maximum atomic E-state index is 15.8. The van der Waals surface area contributed by atoms with E-state index >= 15 is 4.39 Å². The van der Waals surface area contributed by atoms with Gasteiger partial charge in [0, 0.05) is 31.4 Å². The fraction of sp³-hybridized carbons (Fsp3) is 0.600. The minimum absolute atomic E-state index is 0.0939. The van der Waals surface area contributed by atoms with E-state index in [4.69, 9.17) is 18.9 Å². The molecular formula is C35H43FO9Si. The van der Waals surface area contributed by atoms with Gasteiger partial charge in [-0.1, -0.05) is 39.6 Å². The number of ether oxygens (including phenoxy) is 4. The molecule has 1 aliphatic heterocycles. The summed E-state index contributed by atoms with van der Waals surface area (Å²) in [5.74, 6) is -4.13. The Morgan fingerprint density at radius 1 is 1.04 bits per heavy atom. The summed E-state index contributed by atoms with van der Waals surface area (Å²) in [5, 5.41) is 10.8. The Hall–Kier alpha value is -3.15. The molecule has 1 saturated heterocycles. The fourth-order valence-corrected chi connectivity index (χ4v) is 10.00. The van der Waals surface area contributed by atoms with Crippen LogP contribution < -0.4 is 0 Å². The minimum Gasteiger partial charge on any atom is -0.478 e. The summed E-state index contributed by atoms with van der Waals surface area (Å²) in [6.07, 6.45) is 3.68. The molecule has 0 aromatic heterocycles. The molecule has 248 valence electrons. The first kappa shape index (κ1) is 32.8. The molecule has 3 saturated carbocycles. The predicted octanol–water partition coefficient (Wildman–Crippen LogP) is 5.77. The van der Waals surface area contributed by atoms with E-state index < -0.39 is 60.1 Å². The number of esters is 2. The third-order valence-electron chi connectivity index (χ3n) is 11.7. The molecule has 0 bridgehead atoms. The zero-order valence-electron chi connectivity index (χ0n) is 27.3. The molecule has 1 spiro atoms. The molecule has 4 fully saturated rings. The number of carbonyl (C=O) groups is 4. The highest BCUT2D eigenvalue weighted by Gasteiger charge is 2.84. The molecule has 11 heteroatoms. The second kappa shape index (κ2) is 11.0. The van der Waals surface area contributed by atoms with E-state index in [1.54, 1.807) is 13.0 Å². The van der Waals surface area contributed by atoms with Crippen molar-refractivity contribution in [3.63, 3.8) is 0 Å². The van der Waals surface area contributed by atoms with Crippen LogP contribution in [-0.4, -0.2) is 73.7 Å². The van der Waals surface area contributed by atoms with Crippen molar-refractivity contribution in [2.24, 2.45) is 28.6 Å². The number of benzene rings is 1. The summed E-state index contributed by atoms with van der Waals surface area (Å²) in [5.41, 5.74) is -3.78. The second-order valence-electron chi connectivity index (χ2n) is 15.4. The number of rotatable bonds is 9. The van der Waals surface area contributed by atoms with Crippen LogP contribution in [-0.2, 0) is 28.5 Å². The summed E-state index contributed by atoms with van der Waals surface area (Å²) >= 11 is 0. The van der Waals surface area contributed by atoms with Crippen LogP contribution in [0.1, 0.15) is 60.7 Å². The lowest BCUT2D eigenvalue weighted by molar-refractivity contribution is -0.185. The molecule has 46 heavy (non-hydrogen) atoms. The van der Waals surface area contributed by atoms with E-state index in [9.17, 15) is 24.3 Å². The third-order valence-corrected chi connectivity index (χ3v) is 13.4. The van der Waals surface area contributed by atoms with E-state index in [1.807, 2.05) is 13.8 Å². The van der Waals surface area contributed by atoms with Gasteiger partial charge in [-0.15, -0.1) is 0 Å². The van der Waals surface area contributed by atoms with E-state index in [2.05, 4.69) is 19.6 Å². The predicted molar refractivity (Wildman–Crippen MR) is 168 cm³/mol. The Bertz CT molecular complexity index is 1530. The van der Waals surface area contributed by atoms with Crippen molar-refractivity contribution in [3.8, 4) is 0 Å². The van der Waals surface area contributed by atoms with Crippen LogP contribution in [0.5, 0.6) is 0 Å². The van der Waals surface area contributed by atoms with Crippen LogP contribution in [0.25, 0.3) is 0 Å². The first-order valence-corrected chi connectivity index (χ1v) is 19.8. The zero-order valence-corrected chi connectivity index (χ0v) is 28.3. The largest absolute Gasteiger partial charge is 0.478 e. The van der Waals surface area contributed by atoms with Crippen LogP contribution >= 0.6 is 0 Å². The number of epoxide rings is 1. The van der Waals surface area contributed by atoms with Crippen LogP contribution in [0.4, 0.5) is 4.39 Å². The van der Waals surface area contributed by atoms with Crippen molar-refractivity contribution in [1.29, 1.82) is 0 Å². The number of carboxylic acids is 1. The summed E-state index contributed by atoms with van der Waals surface area (Å²) in [7, 11) is -1.27. The van der Waals surface area contributed by atoms with E-state index in [-0.39, 0.29) is 48.1 Å². The molecule has 0 amide bonds. The standard InChI is InChI=1S/C35H43FO9Si/c1-20-15-24-25-17-27(36)26-16-23(37)11-12-32(26,2)35(25)28(44-35)18-33(24,3)34(20,31(40)41)45-30(39)22-9-7-21(8-10-22)29(38)43-19-42-13-14-46(4,5)6/h7-12,16,20,24-25,27-28H,13-15,17-19H2,1-6H3,(H,40,41)/t20-,24?,25?,27+,28+,32+,33+,34+,35-/m1/s1. The Labute approximate surface area is 269 Å². The number of halogens is 1. The molecule has 9 nitrogen and oxygen atoms in total. The van der Waals surface area contributed by atoms with Crippen LogP contribution in [0.2, 0.25) is 25.7 Å². The minimum atomic E-state index is -1.89. The molecular weight excluding hydrogens is 611 g/mol. The van der Waals surface area contributed by atoms with E-state index in [1.165, 1.54) is 36.4 Å². The number of alkyl halides is 1. The average molecular weight is 655 g/mol.